The molecule has 35 heavy (non-hydrogen) atoms. The van der Waals surface area contributed by atoms with Crippen LogP contribution in [0.3, 0.4) is 0 Å². The number of nitrogens with zero attached hydrogens (tertiary/aromatic N) is 1. The van der Waals surface area contributed by atoms with Crippen LogP contribution in [-0.4, -0.2) is 47.9 Å². The van der Waals surface area contributed by atoms with Gasteiger partial charge in [-0.05, 0) is 42.0 Å². The number of nitrogens with two attached hydrogens (primary N) is 1. The van der Waals surface area contributed by atoms with E-state index >= 15 is 0 Å². The lowest BCUT2D eigenvalue weighted by molar-refractivity contribution is 0.0880. The molecule has 1 saturated heterocycles. The average Bonchev–Trinajstić information content (AvgIpc) is 3.54. The van der Waals surface area contributed by atoms with Crippen LogP contribution in [0.15, 0.2) is 53.1 Å². The van der Waals surface area contributed by atoms with E-state index in [9.17, 15) is 9.59 Å². The molecule has 0 radical (unpaired) electrons. The lowest BCUT2D eigenvalue weighted by atomic mass is 9.93. The first-order valence-corrected chi connectivity index (χ1v) is 11.0. The number of carbonyl (C=O) groups is 2. The molecule has 0 atom stereocenters. The molecule has 182 valence electrons. The molecule has 1 fully saturated rings. The molecule has 0 aliphatic carbocycles. The zero-order valence-electron chi connectivity index (χ0n) is 18.7. The molecule has 2 aromatic heterocycles. The quantitative estimate of drug-likeness (QED) is 0.243. The highest BCUT2D eigenvalue weighted by Gasteiger charge is 2.34. The zero-order chi connectivity index (χ0) is 22.5. The molecule has 0 saturated carbocycles. The minimum absolute atomic E-state index is 0. The second-order valence-electron chi connectivity index (χ2n) is 8.53. The fraction of sp³-hybridized carbons (Fsp3) is 0.200. The minimum Gasteiger partial charge on any atom is -0.464 e. The summed E-state index contributed by atoms with van der Waals surface area (Å²) in [5.41, 5.74) is 11.2. The number of rotatable bonds is 4. The predicted molar refractivity (Wildman–Crippen MR) is 140 cm³/mol. The third kappa shape index (κ3) is 4.30. The lowest BCUT2D eigenvalue weighted by Gasteiger charge is -2.27. The monoisotopic (exact) mass is 513 g/mol. The number of aromatic nitrogens is 1. The van der Waals surface area contributed by atoms with Gasteiger partial charge in [0.1, 0.15) is 5.76 Å². The summed E-state index contributed by atoms with van der Waals surface area (Å²) >= 11 is 0. The molecule has 2 amide bonds. The molecule has 4 heterocycles. The maximum atomic E-state index is 12.7. The second kappa shape index (κ2) is 9.75. The van der Waals surface area contributed by atoms with Crippen LogP contribution in [-0.2, 0) is 6.54 Å². The van der Waals surface area contributed by atoms with Gasteiger partial charge in [0, 0.05) is 60.4 Å². The molecule has 0 spiro atoms. The van der Waals surface area contributed by atoms with Gasteiger partial charge in [0.15, 0.2) is 0 Å². The number of furan rings is 1. The Kier molecular flexibility index (Phi) is 6.91. The fourth-order valence-electron chi connectivity index (χ4n) is 4.80. The number of hydrogen-bond acceptors (Lipinski definition) is 6. The molecule has 4 aromatic rings. The molecule has 8 nitrogen and oxygen atoms in total. The molecule has 5 N–H and O–H groups in total. The number of aromatic amines is 1. The number of halogens is 2. The first kappa shape index (κ1) is 24.8. The highest BCUT2D eigenvalue weighted by Crippen LogP contribution is 2.40. The van der Waals surface area contributed by atoms with Gasteiger partial charge in [-0.1, -0.05) is 6.07 Å². The van der Waals surface area contributed by atoms with Crippen LogP contribution in [0.1, 0.15) is 26.3 Å². The molecular formula is C25H25Cl2N5O3. The van der Waals surface area contributed by atoms with Crippen molar-refractivity contribution in [2.45, 2.75) is 6.54 Å². The van der Waals surface area contributed by atoms with Crippen molar-refractivity contribution in [1.82, 2.24) is 20.5 Å². The summed E-state index contributed by atoms with van der Waals surface area (Å²) in [5, 5.41) is 6.81. The fourth-order valence-corrected chi connectivity index (χ4v) is 4.80. The third-order valence-corrected chi connectivity index (χ3v) is 6.43. The van der Waals surface area contributed by atoms with Crippen LogP contribution in [0.25, 0.3) is 33.5 Å². The number of imide groups is 1. The van der Waals surface area contributed by atoms with Gasteiger partial charge in [0.25, 0.3) is 11.8 Å². The van der Waals surface area contributed by atoms with E-state index in [0.29, 0.717) is 22.5 Å². The minimum atomic E-state index is -0.489. The largest absolute Gasteiger partial charge is 0.464 e. The Morgan fingerprint density at radius 3 is 2.46 bits per heavy atom. The number of piperazine rings is 1. The Bertz CT molecular complexity index is 1410. The number of benzene rings is 2. The number of anilines is 1. The van der Waals surface area contributed by atoms with Gasteiger partial charge in [0.2, 0.25) is 0 Å². The Hall–Kier alpha value is -3.30. The summed E-state index contributed by atoms with van der Waals surface area (Å²) < 4.78 is 5.54. The van der Waals surface area contributed by atoms with Gasteiger partial charge in [-0.25, -0.2) is 0 Å². The van der Waals surface area contributed by atoms with E-state index in [2.05, 4.69) is 38.7 Å². The van der Waals surface area contributed by atoms with E-state index in [-0.39, 0.29) is 36.1 Å². The molecule has 10 heteroatoms. The summed E-state index contributed by atoms with van der Waals surface area (Å²) in [7, 11) is 0. The van der Waals surface area contributed by atoms with Gasteiger partial charge in [0.05, 0.1) is 23.1 Å². The maximum Gasteiger partial charge on any atom is 0.261 e. The van der Waals surface area contributed by atoms with Gasteiger partial charge >= 0.3 is 0 Å². The Balaban J connectivity index is 0.00000144. The molecule has 2 aliphatic heterocycles. The van der Waals surface area contributed by atoms with Gasteiger partial charge in [-0.2, -0.15) is 0 Å². The predicted octanol–water partition coefficient (Wildman–Crippen LogP) is 3.81. The van der Waals surface area contributed by atoms with E-state index in [1.807, 2.05) is 12.1 Å². The molecule has 2 aliphatic rings. The summed E-state index contributed by atoms with van der Waals surface area (Å²) in [6.45, 7) is 4.99. The van der Waals surface area contributed by atoms with Crippen molar-refractivity contribution in [3.05, 3.63) is 65.4 Å². The van der Waals surface area contributed by atoms with Crippen LogP contribution >= 0.6 is 24.8 Å². The number of fused-ring (bicyclic) bond motifs is 2. The normalized spacial score (nSPS) is 15.4. The Labute approximate surface area is 214 Å². The van der Waals surface area contributed by atoms with Crippen molar-refractivity contribution in [3.63, 3.8) is 0 Å². The van der Waals surface area contributed by atoms with E-state index in [1.165, 1.54) is 5.56 Å². The molecule has 0 bridgehead atoms. The highest BCUT2D eigenvalue weighted by molar-refractivity contribution is 6.27. The first-order chi connectivity index (χ1) is 16.1. The third-order valence-electron chi connectivity index (χ3n) is 6.43. The van der Waals surface area contributed by atoms with Crippen molar-refractivity contribution in [2.75, 3.05) is 31.9 Å². The number of carbonyl (C=O) groups excluding carboxylic acids is 2. The molecule has 0 unspecified atom stereocenters. The van der Waals surface area contributed by atoms with Crippen LogP contribution < -0.4 is 16.4 Å². The topological polar surface area (TPSA) is 116 Å². The molecular weight excluding hydrogens is 489 g/mol. The molecule has 2 aromatic carbocycles. The smallest absolute Gasteiger partial charge is 0.261 e. The van der Waals surface area contributed by atoms with Crippen molar-refractivity contribution < 1.29 is 14.0 Å². The van der Waals surface area contributed by atoms with Crippen molar-refractivity contribution in [3.8, 4) is 22.6 Å². The van der Waals surface area contributed by atoms with Gasteiger partial charge < -0.3 is 20.5 Å². The van der Waals surface area contributed by atoms with Crippen LogP contribution in [0.2, 0.25) is 0 Å². The van der Waals surface area contributed by atoms with E-state index in [1.54, 1.807) is 18.4 Å². The Morgan fingerprint density at radius 1 is 0.943 bits per heavy atom. The number of H-pyrrole nitrogens is 1. The SMILES string of the molecule is Cl.Cl.Nc1c(-c2ccco2)cc(-c2cc3cc(CN4CCNCC4)ccc3[nH]2)c2c1C(=O)NC2=O. The summed E-state index contributed by atoms with van der Waals surface area (Å²) in [6.07, 6.45) is 1.55. The van der Waals surface area contributed by atoms with E-state index in [0.717, 1.165) is 49.3 Å². The number of nitrogens with one attached hydrogen (secondary N) is 3. The Morgan fingerprint density at radius 2 is 1.71 bits per heavy atom. The van der Waals surface area contributed by atoms with Gasteiger partial charge in [-0.15, -0.1) is 24.8 Å². The number of nitrogen functional groups attached to an aromatic ring is 1. The number of hydrogen-bond donors (Lipinski definition) is 4. The van der Waals surface area contributed by atoms with Crippen LogP contribution in [0, 0.1) is 0 Å². The standard InChI is InChI=1S/C25H23N5O3.2ClH/c26-23-17(20-2-1-9-33-20)12-16(21-22(23)25(32)29-24(21)31)19-11-15-10-14(3-4-18(15)28-19)13-30-7-5-27-6-8-30;;/h1-4,9-12,27-28H,5-8,13,26H2,(H,29,31,32);2*1H. The summed E-state index contributed by atoms with van der Waals surface area (Å²) in [5.74, 6) is -0.393. The van der Waals surface area contributed by atoms with Crippen LogP contribution in [0.4, 0.5) is 5.69 Å². The first-order valence-electron chi connectivity index (χ1n) is 11.0. The van der Waals surface area contributed by atoms with E-state index in [4.69, 9.17) is 10.2 Å². The highest BCUT2D eigenvalue weighted by atomic mass is 35.5. The number of amides is 2. The van der Waals surface area contributed by atoms with Crippen molar-refractivity contribution in [1.29, 1.82) is 0 Å². The van der Waals surface area contributed by atoms with Crippen LogP contribution in [0.5, 0.6) is 0 Å². The van der Waals surface area contributed by atoms with Crippen molar-refractivity contribution >= 4 is 53.2 Å². The van der Waals surface area contributed by atoms with Gasteiger partial charge in [-0.3, -0.25) is 19.8 Å². The molecule has 6 rings (SSSR count). The second-order valence-corrected chi connectivity index (χ2v) is 8.53. The average molecular weight is 514 g/mol. The summed E-state index contributed by atoms with van der Waals surface area (Å²) in [6, 6.07) is 13.7. The zero-order valence-corrected chi connectivity index (χ0v) is 20.4. The summed E-state index contributed by atoms with van der Waals surface area (Å²) in [4.78, 5) is 31.1. The maximum absolute atomic E-state index is 12.7. The van der Waals surface area contributed by atoms with Crippen molar-refractivity contribution in [2.24, 2.45) is 0 Å². The van der Waals surface area contributed by atoms with E-state index < -0.39 is 11.8 Å². The lowest BCUT2D eigenvalue weighted by Crippen LogP contribution is -2.42.